The molecule has 2 rings (SSSR count). The fourth-order valence-corrected chi connectivity index (χ4v) is 2.42. The average molecular weight is 388 g/mol. The summed E-state index contributed by atoms with van der Waals surface area (Å²) in [5.41, 5.74) is 1.23. The van der Waals surface area contributed by atoms with Crippen LogP contribution in [0.1, 0.15) is 16.7 Å². The largest absolute Gasteiger partial charge is 0.508 e. The van der Waals surface area contributed by atoms with E-state index in [-0.39, 0.29) is 30.3 Å². The number of carboxylic acid groups (broad SMARTS) is 1. The van der Waals surface area contributed by atoms with Crippen molar-refractivity contribution in [2.75, 3.05) is 7.11 Å². The second-order valence-electron chi connectivity index (χ2n) is 5.85. The van der Waals surface area contributed by atoms with E-state index in [2.05, 4.69) is 0 Å². The predicted octanol–water partition coefficient (Wildman–Crippen LogP) is 1.85. The Morgan fingerprint density at radius 3 is 2.43 bits per heavy atom. The Bertz CT molecular complexity index is 888. The van der Waals surface area contributed by atoms with Crippen molar-refractivity contribution in [3.8, 4) is 17.2 Å². The monoisotopic (exact) mass is 388 g/mol. The molecule has 1 atom stereocenters. The molecule has 0 aliphatic carbocycles. The van der Waals surface area contributed by atoms with Crippen molar-refractivity contribution in [3.05, 3.63) is 59.2 Å². The highest BCUT2D eigenvalue weighted by molar-refractivity contribution is 5.89. The van der Waals surface area contributed by atoms with Gasteiger partial charge in [-0.05, 0) is 35.4 Å². The number of carbonyl (C=O) groups excluding carboxylic acids is 1. The molecule has 0 aliphatic heterocycles. The first-order chi connectivity index (χ1) is 13.3. The minimum absolute atomic E-state index is 0.104. The van der Waals surface area contributed by atoms with E-state index in [0.29, 0.717) is 16.7 Å². The number of phenolic OH excluding ortho intramolecular Hbond substituents is 1. The number of methoxy groups -OCH3 is 1. The van der Waals surface area contributed by atoms with E-state index in [9.17, 15) is 24.9 Å². The van der Waals surface area contributed by atoms with Crippen molar-refractivity contribution in [1.29, 1.82) is 0 Å². The molecule has 0 aromatic heterocycles. The topological polar surface area (TPSA) is 134 Å². The highest BCUT2D eigenvalue weighted by Crippen LogP contribution is 2.26. The Morgan fingerprint density at radius 1 is 1.11 bits per heavy atom. The zero-order valence-electron chi connectivity index (χ0n) is 15.0. The average Bonchev–Trinajstić information content (AvgIpc) is 2.66. The first-order valence-corrected chi connectivity index (χ1v) is 8.24. The zero-order valence-corrected chi connectivity index (χ0v) is 15.0. The molecule has 2 aromatic rings. The molecule has 0 bridgehead atoms. The summed E-state index contributed by atoms with van der Waals surface area (Å²) in [4.78, 5) is 23.3. The number of aliphatic carboxylic acids is 1. The Hall–Kier alpha value is -3.52. The molecule has 2 aromatic carbocycles. The third-order valence-electron chi connectivity index (χ3n) is 3.89. The van der Waals surface area contributed by atoms with Crippen molar-refractivity contribution in [2.45, 2.75) is 19.1 Å². The number of ether oxygens (including phenoxy) is 2. The number of hydrogen-bond acceptors (Lipinski definition) is 7. The van der Waals surface area contributed by atoms with E-state index < -0.39 is 18.0 Å². The van der Waals surface area contributed by atoms with Gasteiger partial charge < -0.3 is 29.9 Å². The zero-order chi connectivity index (χ0) is 20.7. The second kappa shape index (κ2) is 9.43. The van der Waals surface area contributed by atoms with Crippen LogP contribution in [-0.2, 0) is 27.4 Å². The second-order valence-corrected chi connectivity index (χ2v) is 5.85. The van der Waals surface area contributed by atoms with Crippen molar-refractivity contribution < 1.29 is 39.5 Å². The molecule has 28 heavy (non-hydrogen) atoms. The lowest BCUT2D eigenvalue weighted by molar-refractivity contribution is -0.160. The van der Waals surface area contributed by atoms with E-state index in [1.54, 1.807) is 6.07 Å². The Morgan fingerprint density at radius 2 is 1.86 bits per heavy atom. The third-order valence-corrected chi connectivity index (χ3v) is 3.89. The number of carboxylic acids is 1. The number of aliphatic hydroxyl groups is 1. The van der Waals surface area contributed by atoms with Crippen LogP contribution in [0.3, 0.4) is 0 Å². The number of hydrogen-bond donors (Lipinski definition) is 4. The molecule has 0 fully saturated rings. The standard InChI is InChI=1S/C20H20O8/c1-27-17-6-3-12(8-16(17)23)4-7-19(24)28-18(20(25)26)10-13-2-5-14(11-21)15(22)9-13/h2-9,18,21-23H,10-11H2,1H3,(H,25,26)/b7-4+. The molecule has 0 spiro atoms. The van der Waals surface area contributed by atoms with Gasteiger partial charge in [0, 0.05) is 18.1 Å². The summed E-state index contributed by atoms with van der Waals surface area (Å²) in [5, 5.41) is 37.8. The molecule has 0 heterocycles. The summed E-state index contributed by atoms with van der Waals surface area (Å²) in [5.74, 6) is -2.21. The summed E-state index contributed by atoms with van der Waals surface area (Å²) >= 11 is 0. The lowest BCUT2D eigenvalue weighted by Gasteiger charge is -2.13. The van der Waals surface area contributed by atoms with Crippen LogP contribution < -0.4 is 4.74 Å². The van der Waals surface area contributed by atoms with Gasteiger partial charge in [-0.3, -0.25) is 0 Å². The number of benzene rings is 2. The first-order valence-electron chi connectivity index (χ1n) is 8.24. The maximum Gasteiger partial charge on any atom is 0.345 e. The highest BCUT2D eigenvalue weighted by atomic mass is 16.6. The van der Waals surface area contributed by atoms with Gasteiger partial charge in [-0.1, -0.05) is 18.2 Å². The summed E-state index contributed by atoms with van der Waals surface area (Å²) < 4.78 is 9.89. The molecular weight excluding hydrogens is 368 g/mol. The maximum absolute atomic E-state index is 12.0. The minimum atomic E-state index is -1.46. The van der Waals surface area contributed by atoms with Gasteiger partial charge in [0.15, 0.2) is 11.5 Å². The minimum Gasteiger partial charge on any atom is -0.508 e. The fraction of sp³-hybridized carbons (Fsp3) is 0.200. The molecule has 0 aliphatic rings. The van der Waals surface area contributed by atoms with Gasteiger partial charge >= 0.3 is 11.9 Å². The number of carbonyl (C=O) groups is 2. The molecule has 1 unspecified atom stereocenters. The van der Waals surface area contributed by atoms with E-state index in [1.165, 1.54) is 43.5 Å². The quantitative estimate of drug-likeness (QED) is 0.398. The summed E-state index contributed by atoms with van der Waals surface area (Å²) in [6.07, 6.45) is 0.796. The molecule has 0 radical (unpaired) electrons. The summed E-state index contributed by atoms with van der Waals surface area (Å²) in [7, 11) is 1.41. The number of phenols is 2. The molecule has 8 nitrogen and oxygen atoms in total. The normalized spacial score (nSPS) is 11.9. The summed E-state index contributed by atoms with van der Waals surface area (Å²) in [6.45, 7) is -0.352. The number of aromatic hydroxyl groups is 2. The van der Waals surface area contributed by atoms with Crippen molar-refractivity contribution in [2.24, 2.45) is 0 Å². The van der Waals surface area contributed by atoms with Gasteiger partial charge in [0.1, 0.15) is 5.75 Å². The molecular formula is C20H20O8. The Kier molecular flexibility index (Phi) is 7.00. The van der Waals surface area contributed by atoms with E-state index in [0.717, 1.165) is 6.08 Å². The lowest BCUT2D eigenvalue weighted by atomic mass is 10.0. The SMILES string of the molecule is COc1ccc(/C=C/C(=O)OC(Cc2ccc(CO)c(O)c2)C(=O)O)cc1O. The first kappa shape index (κ1) is 20.8. The Balaban J connectivity index is 2.05. The molecule has 148 valence electrons. The van der Waals surface area contributed by atoms with Crippen LogP contribution in [0.25, 0.3) is 6.08 Å². The lowest BCUT2D eigenvalue weighted by Crippen LogP contribution is -2.28. The van der Waals surface area contributed by atoms with Gasteiger partial charge in [-0.2, -0.15) is 0 Å². The van der Waals surface area contributed by atoms with Gasteiger partial charge in [0.05, 0.1) is 13.7 Å². The highest BCUT2D eigenvalue weighted by Gasteiger charge is 2.22. The molecule has 8 heteroatoms. The van der Waals surface area contributed by atoms with Crippen LogP contribution in [0.2, 0.25) is 0 Å². The number of esters is 1. The van der Waals surface area contributed by atoms with Gasteiger partial charge in [-0.25, -0.2) is 9.59 Å². The number of rotatable bonds is 8. The molecule has 4 N–H and O–H groups in total. The molecule has 0 saturated carbocycles. The number of aliphatic hydroxyl groups excluding tert-OH is 1. The van der Waals surface area contributed by atoms with Gasteiger partial charge in [0.25, 0.3) is 0 Å². The van der Waals surface area contributed by atoms with Gasteiger partial charge in [0.2, 0.25) is 6.10 Å². The maximum atomic E-state index is 12.0. The fourth-order valence-electron chi connectivity index (χ4n) is 2.42. The summed E-state index contributed by atoms with van der Waals surface area (Å²) in [6, 6.07) is 8.80. The third kappa shape index (κ3) is 5.49. The van der Waals surface area contributed by atoms with Crippen molar-refractivity contribution in [1.82, 2.24) is 0 Å². The van der Waals surface area contributed by atoms with Crippen molar-refractivity contribution >= 4 is 18.0 Å². The van der Waals surface area contributed by atoms with Crippen molar-refractivity contribution in [3.63, 3.8) is 0 Å². The van der Waals surface area contributed by atoms with E-state index in [1.807, 2.05) is 0 Å². The van der Waals surface area contributed by atoms with E-state index in [4.69, 9.17) is 14.6 Å². The van der Waals surface area contributed by atoms with Crippen LogP contribution in [0.4, 0.5) is 0 Å². The van der Waals surface area contributed by atoms with Crippen LogP contribution in [0, 0.1) is 0 Å². The van der Waals surface area contributed by atoms with E-state index >= 15 is 0 Å². The Labute approximate surface area is 160 Å². The van der Waals surface area contributed by atoms with Crippen LogP contribution >= 0.6 is 0 Å². The molecule has 0 amide bonds. The van der Waals surface area contributed by atoms with Crippen LogP contribution in [-0.4, -0.2) is 45.6 Å². The van der Waals surface area contributed by atoms with Crippen LogP contribution in [0.5, 0.6) is 17.2 Å². The molecule has 0 saturated heterocycles. The van der Waals surface area contributed by atoms with Crippen LogP contribution in [0.15, 0.2) is 42.5 Å². The predicted molar refractivity (Wildman–Crippen MR) is 98.9 cm³/mol. The smallest absolute Gasteiger partial charge is 0.345 e. The van der Waals surface area contributed by atoms with Gasteiger partial charge in [-0.15, -0.1) is 0 Å².